The molecule has 0 aromatic heterocycles. The quantitative estimate of drug-likeness (QED) is 0.427. The summed E-state index contributed by atoms with van der Waals surface area (Å²) in [5, 5.41) is 3.34. The highest BCUT2D eigenvalue weighted by molar-refractivity contribution is 5.80. The lowest BCUT2D eigenvalue weighted by Gasteiger charge is -2.34. The number of hydrogen-bond donors (Lipinski definition) is 2. The van der Waals surface area contributed by atoms with Gasteiger partial charge < -0.3 is 20.7 Å². The molecule has 1 atom stereocenters. The first-order valence-electron chi connectivity index (χ1n) is 9.12. The third kappa shape index (κ3) is 7.13. The van der Waals surface area contributed by atoms with Gasteiger partial charge in [0.15, 0.2) is 5.96 Å². The van der Waals surface area contributed by atoms with E-state index in [1.54, 1.807) is 0 Å². The largest absolute Gasteiger partial charge is 0.375 e. The van der Waals surface area contributed by atoms with E-state index >= 15 is 0 Å². The van der Waals surface area contributed by atoms with Crippen molar-refractivity contribution in [1.29, 1.82) is 0 Å². The molecule has 25 heavy (non-hydrogen) atoms. The number of nitrogens with zero attached hydrogens (tertiary/aromatic N) is 2. The van der Waals surface area contributed by atoms with E-state index < -0.39 is 0 Å². The monoisotopic (exact) mass is 346 g/mol. The van der Waals surface area contributed by atoms with Gasteiger partial charge in [-0.3, -0.25) is 9.79 Å². The van der Waals surface area contributed by atoms with Crippen molar-refractivity contribution in [3.63, 3.8) is 0 Å². The second-order valence-corrected chi connectivity index (χ2v) is 6.40. The fourth-order valence-corrected chi connectivity index (χ4v) is 3.11. The maximum absolute atomic E-state index is 11.2. The number of rotatable bonds is 8. The second kappa shape index (κ2) is 10.7. The summed E-state index contributed by atoms with van der Waals surface area (Å²) in [4.78, 5) is 18.1. The summed E-state index contributed by atoms with van der Waals surface area (Å²) in [7, 11) is 0. The molecular weight excluding hydrogens is 316 g/mol. The zero-order valence-corrected chi connectivity index (χ0v) is 15.1. The molecule has 1 aromatic carbocycles. The van der Waals surface area contributed by atoms with Crippen LogP contribution < -0.4 is 11.1 Å². The van der Waals surface area contributed by atoms with E-state index in [4.69, 9.17) is 10.5 Å². The minimum atomic E-state index is -0.219. The molecule has 6 heteroatoms. The zero-order valence-electron chi connectivity index (χ0n) is 15.1. The zero-order chi connectivity index (χ0) is 17.9. The molecule has 0 aliphatic carbocycles. The minimum Gasteiger partial charge on any atom is -0.375 e. The van der Waals surface area contributed by atoms with Gasteiger partial charge in [-0.25, -0.2) is 0 Å². The van der Waals surface area contributed by atoms with Gasteiger partial charge in [-0.1, -0.05) is 30.3 Å². The molecule has 0 saturated carbocycles. The Labute approximate surface area is 150 Å². The molecule has 138 valence electrons. The van der Waals surface area contributed by atoms with Crippen molar-refractivity contribution in [3.05, 3.63) is 35.9 Å². The van der Waals surface area contributed by atoms with Crippen molar-refractivity contribution in [1.82, 2.24) is 10.2 Å². The van der Waals surface area contributed by atoms with Crippen LogP contribution in [0.25, 0.3) is 0 Å². The number of guanidine groups is 1. The Bertz CT molecular complexity index is 548. The van der Waals surface area contributed by atoms with Crippen molar-refractivity contribution >= 4 is 11.9 Å². The maximum atomic E-state index is 11.2. The number of nitrogens with one attached hydrogen (secondary N) is 1. The highest BCUT2D eigenvalue weighted by Gasteiger charge is 2.23. The SMILES string of the molecule is CCNC(=NCCOCc1ccccc1)N1CCCC(CC(N)=O)C1. The Kier molecular flexibility index (Phi) is 8.25. The Hall–Kier alpha value is -2.08. The van der Waals surface area contributed by atoms with Crippen molar-refractivity contribution in [2.75, 3.05) is 32.8 Å². The number of aliphatic imine (C=N–C) groups is 1. The Morgan fingerprint density at radius 1 is 1.40 bits per heavy atom. The van der Waals surface area contributed by atoms with Gasteiger partial charge in [-0.15, -0.1) is 0 Å². The van der Waals surface area contributed by atoms with E-state index in [0.717, 1.165) is 38.4 Å². The number of amides is 1. The van der Waals surface area contributed by atoms with Crippen molar-refractivity contribution in [3.8, 4) is 0 Å². The van der Waals surface area contributed by atoms with Crippen LogP contribution in [0.15, 0.2) is 35.3 Å². The van der Waals surface area contributed by atoms with Gasteiger partial charge in [-0.05, 0) is 31.2 Å². The summed E-state index contributed by atoms with van der Waals surface area (Å²) in [5.74, 6) is 1.01. The van der Waals surface area contributed by atoms with Crippen molar-refractivity contribution < 1.29 is 9.53 Å². The maximum Gasteiger partial charge on any atom is 0.217 e. The summed E-state index contributed by atoms with van der Waals surface area (Å²) in [5.41, 5.74) is 6.52. The first-order chi connectivity index (χ1) is 12.2. The van der Waals surface area contributed by atoms with Crippen molar-refractivity contribution in [2.45, 2.75) is 32.8 Å². The standard InChI is InChI=1S/C19H30N4O2/c1-2-21-19(23-11-6-9-17(14-23)13-18(20)24)22-10-12-25-15-16-7-4-3-5-8-16/h3-5,7-8,17H,2,6,9-15H2,1H3,(H2,20,24)(H,21,22). The van der Waals surface area contributed by atoms with Gasteiger partial charge in [0.05, 0.1) is 19.8 Å². The molecule has 1 heterocycles. The van der Waals surface area contributed by atoms with Crippen LogP contribution in [-0.2, 0) is 16.1 Å². The van der Waals surface area contributed by atoms with Crippen LogP contribution in [0.5, 0.6) is 0 Å². The summed E-state index contributed by atoms with van der Waals surface area (Å²) < 4.78 is 5.69. The van der Waals surface area contributed by atoms with Gasteiger partial charge >= 0.3 is 0 Å². The van der Waals surface area contributed by atoms with E-state index in [9.17, 15) is 4.79 Å². The highest BCUT2D eigenvalue weighted by Crippen LogP contribution is 2.19. The van der Waals surface area contributed by atoms with Crippen LogP contribution in [-0.4, -0.2) is 49.6 Å². The number of piperidine rings is 1. The number of ether oxygens (including phenoxy) is 1. The van der Waals surface area contributed by atoms with Gasteiger partial charge in [0.25, 0.3) is 0 Å². The molecule has 1 unspecified atom stereocenters. The predicted octanol–water partition coefficient (Wildman–Crippen LogP) is 1.76. The molecule has 0 spiro atoms. The third-order valence-corrected chi connectivity index (χ3v) is 4.25. The summed E-state index contributed by atoms with van der Waals surface area (Å²) in [6, 6.07) is 10.1. The van der Waals surface area contributed by atoms with E-state index in [1.165, 1.54) is 5.56 Å². The number of hydrogen-bond acceptors (Lipinski definition) is 3. The number of carbonyl (C=O) groups excluding carboxylic acids is 1. The van der Waals surface area contributed by atoms with E-state index in [2.05, 4.69) is 34.3 Å². The molecule has 6 nitrogen and oxygen atoms in total. The van der Waals surface area contributed by atoms with E-state index in [1.807, 2.05) is 18.2 Å². The number of carbonyl (C=O) groups is 1. The molecule has 1 aliphatic rings. The van der Waals surface area contributed by atoms with Crippen LogP contribution in [0.3, 0.4) is 0 Å². The molecule has 1 fully saturated rings. The first-order valence-corrected chi connectivity index (χ1v) is 9.12. The predicted molar refractivity (Wildman–Crippen MR) is 100 cm³/mol. The molecule has 1 amide bonds. The smallest absolute Gasteiger partial charge is 0.217 e. The minimum absolute atomic E-state index is 0.219. The first kappa shape index (κ1) is 19.2. The van der Waals surface area contributed by atoms with Crippen LogP contribution >= 0.6 is 0 Å². The van der Waals surface area contributed by atoms with E-state index in [0.29, 0.717) is 32.1 Å². The molecule has 1 saturated heterocycles. The fourth-order valence-electron chi connectivity index (χ4n) is 3.11. The van der Waals surface area contributed by atoms with Crippen LogP contribution in [0.1, 0.15) is 31.7 Å². The molecule has 3 N–H and O–H groups in total. The lowest BCUT2D eigenvalue weighted by Crippen LogP contribution is -2.47. The summed E-state index contributed by atoms with van der Waals surface area (Å²) in [6.07, 6.45) is 2.57. The normalized spacial score (nSPS) is 18.2. The van der Waals surface area contributed by atoms with Gasteiger partial charge in [0.1, 0.15) is 0 Å². The Morgan fingerprint density at radius 2 is 2.20 bits per heavy atom. The molecular formula is C19H30N4O2. The number of primary amides is 1. The highest BCUT2D eigenvalue weighted by atomic mass is 16.5. The molecule has 0 bridgehead atoms. The second-order valence-electron chi connectivity index (χ2n) is 6.40. The fraction of sp³-hybridized carbons (Fsp3) is 0.579. The van der Waals surface area contributed by atoms with Gasteiger partial charge in [0, 0.05) is 26.1 Å². The van der Waals surface area contributed by atoms with Crippen LogP contribution in [0, 0.1) is 5.92 Å². The van der Waals surface area contributed by atoms with Crippen LogP contribution in [0.2, 0.25) is 0 Å². The average molecular weight is 346 g/mol. The van der Waals surface area contributed by atoms with Gasteiger partial charge in [-0.2, -0.15) is 0 Å². The molecule has 0 radical (unpaired) electrons. The van der Waals surface area contributed by atoms with E-state index in [-0.39, 0.29) is 5.91 Å². The Morgan fingerprint density at radius 3 is 2.92 bits per heavy atom. The van der Waals surface area contributed by atoms with Crippen molar-refractivity contribution in [2.24, 2.45) is 16.6 Å². The molecule has 2 rings (SSSR count). The number of likely N-dealkylation sites (tertiary alicyclic amines) is 1. The third-order valence-electron chi connectivity index (χ3n) is 4.25. The lowest BCUT2D eigenvalue weighted by atomic mass is 9.95. The lowest BCUT2D eigenvalue weighted by molar-refractivity contribution is -0.119. The number of nitrogens with two attached hydrogens (primary N) is 1. The molecule has 1 aliphatic heterocycles. The number of benzene rings is 1. The van der Waals surface area contributed by atoms with Crippen LogP contribution in [0.4, 0.5) is 0 Å². The topological polar surface area (TPSA) is 80.0 Å². The Balaban J connectivity index is 1.79. The summed E-state index contributed by atoms with van der Waals surface area (Å²) in [6.45, 7) is 6.49. The molecule has 1 aromatic rings. The van der Waals surface area contributed by atoms with Gasteiger partial charge in [0.2, 0.25) is 5.91 Å². The summed E-state index contributed by atoms with van der Waals surface area (Å²) >= 11 is 0. The average Bonchev–Trinajstić information content (AvgIpc) is 2.61.